The molecule has 0 aromatic heterocycles. The molecule has 1 heterocycles. The van der Waals surface area contributed by atoms with Gasteiger partial charge in [0.15, 0.2) is 0 Å². The number of aliphatic hydroxyl groups excluding tert-OH is 1. The third-order valence-electron chi connectivity index (χ3n) is 4.37. The standard InChI is InChI=1S/C19H23FN2O2/c1-21-15-6-2-13(3-7-15)18-9-5-14-4-8-16(10-19(14)22-18)24-17(11-20)12-23/h2-3,5-10,14,17-18,21-23H,4,11-12H2,1H3/t14-,17?,18-/m0/s1. The third kappa shape index (κ3) is 3.62. The van der Waals surface area contributed by atoms with Crippen LogP contribution in [-0.2, 0) is 4.74 Å². The molecule has 0 saturated heterocycles. The number of allylic oxidation sites excluding steroid dienone is 3. The Kier molecular flexibility index (Phi) is 5.20. The van der Waals surface area contributed by atoms with E-state index >= 15 is 0 Å². The molecule has 1 aromatic carbocycles. The molecule has 0 saturated carbocycles. The van der Waals surface area contributed by atoms with E-state index in [1.54, 1.807) is 0 Å². The maximum Gasteiger partial charge on any atom is 0.150 e. The van der Waals surface area contributed by atoms with Crippen molar-refractivity contribution in [3.63, 3.8) is 0 Å². The molecule has 4 nitrogen and oxygen atoms in total. The van der Waals surface area contributed by atoms with Gasteiger partial charge in [-0.1, -0.05) is 24.3 Å². The molecule has 1 aromatic rings. The lowest BCUT2D eigenvalue weighted by Crippen LogP contribution is -2.29. The van der Waals surface area contributed by atoms with Crippen LogP contribution in [0.1, 0.15) is 18.0 Å². The van der Waals surface area contributed by atoms with Crippen molar-refractivity contribution in [3.05, 3.63) is 65.6 Å². The van der Waals surface area contributed by atoms with Crippen LogP contribution in [0.3, 0.4) is 0 Å². The predicted molar refractivity (Wildman–Crippen MR) is 93.2 cm³/mol. The fourth-order valence-corrected chi connectivity index (χ4v) is 2.94. The van der Waals surface area contributed by atoms with Crippen LogP contribution < -0.4 is 10.6 Å². The van der Waals surface area contributed by atoms with Crippen molar-refractivity contribution in [1.29, 1.82) is 0 Å². The number of hydrogen-bond acceptors (Lipinski definition) is 4. The molecule has 1 aliphatic heterocycles. The van der Waals surface area contributed by atoms with Crippen LogP contribution in [0, 0.1) is 5.92 Å². The Balaban J connectivity index is 1.72. The second-order valence-electron chi connectivity index (χ2n) is 6.00. The van der Waals surface area contributed by atoms with Crippen molar-refractivity contribution in [2.75, 3.05) is 25.6 Å². The van der Waals surface area contributed by atoms with Crippen LogP contribution in [0.4, 0.5) is 10.1 Å². The smallest absolute Gasteiger partial charge is 0.150 e. The summed E-state index contributed by atoms with van der Waals surface area (Å²) in [5.74, 6) is 0.910. The fourth-order valence-electron chi connectivity index (χ4n) is 2.94. The van der Waals surface area contributed by atoms with E-state index in [9.17, 15) is 4.39 Å². The molecular formula is C19H23FN2O2. The lowest BCUT2D eigenvalue weighted by molar-refractivity contribution is 0.0453. The van der Waals surface area contributed by atoms with Crippen molar-refractivity contribution < 1.29 is 14.2 Å². The maximum absolute atomic E-state index is 12.7. The van der Waals surface area contributed by atoms with Crippen molar-refractivity contribution in [3.8, 4) is 0 Å². The van der Waals surface area contributed by atoms with Crippen LogP contribution in [0.5, 0.6) is 0 Å². The Hall–Kier alpha value is -2.27. The Labute approximate surface area is 141 Å². The predicted octanol–water partition coefficient (Wildman–Crippen LogP) is 3.06. The van der Waals surface area contributed by atoms with E-state index in [1.807, 2.05) is 31.3 Å². The SMILES string of the molecule is CNc1ccc([C@@H]2C=C[C@@H]3CC=C(OC(CO)CF)C=C3N2)cc1. The summed E-state index contributed by atoms with van der Waals surface area (Å²) in [6, 6.07) is 8.39. The minimum absolute atomic E-state index is 0.104. The van der Waals surface area contributed by atoms with Crippen molar-refractivity contribution in [1.82, 2.24) is 5.32 Å². The van der Waals surface area contributed by atoms with E-state index in [0.29, 0.717) is 11.7 Å². The van der Waals surface area contributed by atoms with Gasteiger partial charge in [0.2, 0.25) is 0 Å². The van der Waals surface area contributed by atoms with Crippen molar-refractivity contribution in [2.24, 2.45) is 5.92 Å². The molecule has 0 bridgehead atoms. The van der Waals surface area contributed by atoms with Crippen LogP contribution in [0.2, 0.25) is 0 Å². The topological polar surface area (TPSA) is 53.5 Å². The Morgan fingerprint density at radius 2 is 2.12 bits per heavy atom. The highest BCUT2D eigenvalue weighted by Gasteiger charge is 2.24. The zero-order valence-corrected chi connectivity index (χ0v) is 13.7. The minimum atomic E-state index is -0.798. The largest absolute Gasteiger partial charge is 0.486 e. The fraction of sp³-hybridized carbons (Fsp3) is 0.368. The Bertz CT molecular complexity index is 648. The summed E-state index contributed by atoms with van der Waals surface area (Å²) in [6.07, 6.45) is 8.24. The molecule has 2 aliphatic rings. The first-order valence-corrected chi connectivity index (χ1v) is 8.21. The molecule has 5 heteroatoms. The van der Waals surface area contributed by atoms with E-state index in [4.69, 9.17) is 9.84 Å². The van der Waals surface area contributed by atoms with Crippen LogP contribution >= 0.6 is 0 Å². The van der Waals surface area contributed by atoms with E-state index in [2.05, 4.69) is 34.9 Å². The molecule has 128 valence electrons. The van der Waals surface area contributed by atoms with Gasteiger partial charge in [-0.25, -0.2) is 4.39 Å². The number of alkyl halides is 1. The first-order valence-electron chi connectivity index (χ1n) is 8.21. The first-order chi connectivity index (χ1) is 11.7. The summed E-state index contributed by atoms with van der Waals surface area (Å²) in [5, 5.41) is 15.7. The van der Waals surface area contributed by atoms with Gasteiger partial charge in [-0.2, -0.15) is 0 Å². The summed E-state index contributed by atoms with van der Waals surface area (Å²) in [5.41, 5.74) is 3.32. The molecular weight excluding hydrogens is 307 g/mol. The number of fused-ring (bicyclic) bond motifs is 1. The summed E-state index contributed by atoms with van der Waals surface area (Å²) in [6.45, 7) is -1.03. The number of benzene rings is 1. The normalized spacial score (nSPS) is 23.5. The van der Waals surface area contributed by atoms with Gasteiger partial charge in [0.1, 0.15) is 18.5 Å². The van der Waals surface area contributed by atoms with E-state index in [0.717, 1.165) is 17.8 Å². The summed E-state index contributed by atoms with van der Waals surface area (Å²) in [4.78, 5) is 0. The highest BCUT2D eigenvalue weighted by Crippen LogP contribution is 2.32. The average Bonchev–Trinajstić information content (AvgIpc) is 2.65. The van der Waals surface area contributed by atoms with E-state index in [1.165, 1.54) is 5.56 Å². The van der Waals surface area contributed by atoms with Gasteiger partial charge in [0.25, 0.3) is 0 Å². The summed E-state index contributed by atoms with van der Waals surface area (Å²) >= 11 is 0. The van der Waals surface area contributed by atoms with Gasteiger partial charge in [-0.3, -0.25) is 0 Å². The monoisotopic (exact) mass is 330 g/mol. The highest BCUT2D eigenvalue weighted by atomic mass is 19.1. The third-order valence-corrected chi connectivity index (χ3v) is 4.37. The minimum Gasteiger partial charge on any atom is -0.486 e. The Morgan fingerprint density at radius 3 is 2.79 bits per heavy atom. The number of rotatable bonds is 6. The van der Waals surface area contributed by atoms with Gasteiger partial charge in [-0.05, 0) is 36.3 Å². The van der Waals surface area contributed by atoms with Crippen molar-refractivity contribution >= 4 is 5.69 Å². The number of anilines is 1. The number of ether oxygens (including phenoxy) is 1. The number of aliphatic hydroxyl groups is 1. The number of hydrogen-bond donors (Lipinski definition) is 3. The second kappa shape index (κ2) is 7.53. The molecule has 1 unspecified atom stereocenters. The molecule has 1 aliphatic carbocycles. The maximum atomic E-state index is 12.7. The molecule has 24 heavy (non-hydrogen) atoms. The van der Waals surface area contributed by atoms with Gasteiger partial charge in [0.05, 0.1) is 12.6 Å². The van der Waals surface area contributed by atoms with E-state index < -0.39 is 12.8 Å². The highest BCUT2D eigenvalue weighted by molar-refractivity contribution is 5.45. The lowest BCUT2D eigenvalue weighted by atomic mass is 9.89. The molecule has 0 spiro atoms. The van der Waals surface area contributed by atoms with Gasteiger partial charge < -0.3 is 20.5 Å². The van der Waals surface area contributed by atoms with Crippen molar-refractivity contribution in [2.45, 2.75) is 18.6 Å². The summed E-state index contributed by atoms with van der Waals surface area (Å²) < 4.78 is 18.2. The zero-order chi connectivity index (χ0) is 16.9. The van der Waals surface area contributed by atoms with Gasteiger partial charge in [-0.15, -0.1) is 0 Å². The molecule has 3 atom stereocenters. The quantitative estimate of drug-likeness (QED) is 0.702. The lowest BCUT2D eigenvalue weighted by Gasteiger charge is -2.31. The second-order valence-corrected chi connectivity index (χ2v) is 6.00. The Morgan fingerprint density at radius 1 is 1.33 bits per heavy atom. The molecule has 3 rings (SSSR count). The van der Waals surface area contributed by atoms with Crippen LogP contribution in [0.25, 0.3) is 0 Å². The molecule has 0 fully saturated rings. The van der Waals surface area contributed by atoms with E-state index in [-0.39, 0.29) is 12.6 Å². The summed E-state index contributed by atoms with van der Waals surface area (Å²) in [7, 11) is 1.90. The molecule has 0 radical (unpaired) electrons. The first kappa shape index (κ1) is 16.6. The molecule has 3 N–H and O–H groups in total. The van der Waals surface area contributed by atoms with Gasteiger partial charge >= 0.3 is 0 Å². The molecule has 0 amide bonds. The van der Waals surface area contributed by atoms with Crippen LogP contribution in [-0.4, -0.2) is 31.5 Å². The number of halogens is 1. The van der Waals surface area contributed by atoms with Gasteiger partial charge in [0, 0.05) is 24.4 Å². The van der Waals surface area contributed by atoms with Crippen LogP contribution in [0.15, 0.2) is 60.0 Å². The zero-order valence-electron chi connectivity index (χ0n) is 13.7. The average molecular weight is 330 g/mol. The number of nitrogens with one attached hydrogen (secondary N) is 2.